The number of anilines is 1. The molecule has 0 radical (unpaired) electrons. The number of alkyl halides is 3. The van der Waals surface area contributed by atoms with E-state index in [9.17, 15) is 22.4 Å². The lowest BCUT2D eigenvalue weighted by Gasteiger charge is -2.34. The number of rotatable bonds is 5. The van der Waals surface area contributed by atoms with Crippen molar-refractivity contribution in [1.82, 2.24) is 20.1 Å². The third-order valence-corrected chi connectivity index (χ3v) is 5.78. The lowest BCUT2D eigenvalue weighted by atomic mass is 9.95. The highest BCUT2D eigenvalue weighted by molar-refractivity contribution is 5.98. The molecule has 0 spiro atoms. The molecule has 174 valence electrons. The summed E-state index contributed by atoms with van der Waals surface area (Å²) >= 11 is 0. The van der Waals surface area contributed by atoms with Crippen LogP contribution < -0.4 is 10.6 Å². The number of carbonyl (C=O) groups excluding carboxylic acids is 1. The van der Waals surface area contributed by atoms with Crippen molar-refractivity contribution in [2.75, 3.05) is 5.32 Å². The second kappa shape index (κ2) is 8.84. The minimum Gasteiger partial charge on any atom is -0.363 e. The topological polar surface area (TPSA) is 71.8 Å². The van der Waals surface area contributed by atoms with E-state index in [-0.39, 0.29) is 30.0 Å². The molecular formula is C23H23F4N5O. The van der Waals surface area contributed by atoms with Crippen LogP contribution in [0.2, 0.25) is 0 Å². The van der Waals surface area contributed by atoms with Crippen molar-refractivity contribution < 1.29 is 22.4 Å². The molecule has 0 unspecified atom stereocenters. The smallest absolute Gasteiger partial charge is 0.363 e. The Morgan fingerprint density at radius 3 is 2.58 bits per heavy atom. The van der Waals surface area contributed by atoms with Gasteiger partial charge in [-0.1, -0.05) is 31.2 Å². The van der Waals surface area contributed by atoms with Gasteiger partial charge in [0, 0.05) is 6.42 Å². The third-order valence-electron chi connectivity index (χ3n) is 5.78. The molecule has 6 nitrogen and oxygen atoms in total. The van der Waals surface area contributed by atoms with Crippen molar-refractivity contribution in [1.29, 1.82) is 0 Å². The molecule has 1 aliphatic rings. The molecule has 1 aromatic carbocycles. The van der Waals surface area contributed by atoms with Gasteiger partial charge in [-0.2, -0.15) is 18.3 Å². The van der Waals surface area contributed by atoms with Crippen molar-refractivity contribution in [3.05, 3.63) is 76.5 Å². The first kappa shape index (κ1) is 22.8. The van der Waals surface area contributed by atoms with Gasteiger partial charge >= 0.3 is 6.18 Å². The van der Waals surface area contributed by atoms with E-state index in [1.807, 2.05) is 19.1 Å². The number of halogens is 4. The maximum Gasteiger partial charge on any atom is 0.410 e. The van der Waals surface area contributed by atoms with Crippen molar-refractivity contribution in [3.63, 3.8) is 0 Å². The Hall–Kier alpha value is -3.43. The van der Waals surface area contributed by atoms with Crippen molar-refractivity contribution in [3.8, 4) is 0 Å². The summed E-state index contributed by atoms with van der Waals surface area (Å²) in [6.45, 7) is 3.50. The molecule has 10 heteroatoms. The SMILES string of the molecule is CCc1ccc([C@H]2C[C@@H](C(F)(F)F)n3ncc(C(=O)NCc4ccc(F)c(C)n4)c3N2)cc1. The van der Waals surface area contributed by atoms with E-state index in [1.54, 1.807) is 12.1 Å². The summed E-state index contributed by atoms with van der Waals surface area (Å²) in [5.41, 5.74) is 2.40. The van der Waals surface area contributed by atoms with Gasteiger partial charge in [0.05, 0.1) is 30.2 Å². The molecule has 3 aromatic rings. The number of pyridine rings is 1. The molecule has 0 bridgehead atoms. The maximum absolute atomic E-state index is 13.8. The Morgan fingerprint density at radius 2 is 1.94 bits per heavy atom. The summed E-state index contributed by atoms with van der Waals surface area (Å²) < 4.78 is 55.8. The van der Waals surface area contributed by atoms with E-state index >= 15 is 0 Å². The Morgan fingerprint density at radius 1 is 1.21 bits per heavy atom. The second-order valence-electron chi connectivity index (χ2n) is 7.99. The summed E-state index contributed by atoms with van der Waals surface area (Å²) in [6, 6.07) is 7.55. The minimum atomic E-state index is -4.53. The van der Waals surface area contributed by atoms with Crippen LogP contribution in [0.4, 0.5) is 23.4 Å². The predicted octanol–water partition coefficient (Wildman–Crippen LogP) is 4.88. The highest BCUT2D eigenvalue weighted by atomic mass is 19.4. The average Bonchev–Trinajstić information content (AvgIpc) is 3.22. The Labute approximate surface area is 188 Å². The first-order chi connectivity index (χ1) is 15.7. The Balaban J connectivity index is 1.60. The number of hydrogen-bond acceptors (Lipinski definition) is 4. The summed E-state index contributed by atoms with van der Waals surface area (Å²) in [7, 11) is 0. The zero-order valence-electron chi connectivity index (χ0n) is 18.1. The number of nitrogens with zero attached hydrogens (tertiary/aromatic N) is 3. The van der Waals surface area contributed by atoms with Crippen LogP contribution in [0.15, 0.2) is 42.6 Å². The fourth-order valence-corrected chi connectivity index (χ4v) is 3.89. The Bertz CT molecular complexity index is 1160. The van der Waals surface area contributed by atoms with Gasteiger partial charge in [0.15, 0.2) is 6.04 Å². The lowest BCUT2D eigenvalue weighted by molar-refractivity contribution is -0.173. The van der Waals surface area contributed by atoms with E-state index in [0.717, 1.165) is 22.9 Å². The predicted molar refractivity (Wildman–Crippen MR) is 114 cm³/mol. The van der Waals surface area contributed by atoms with Gasteiger partial charge in [-0.25, -0.2) is 9.07 Å². The molecule has 33 heavy (non-hydrogen) atoms. The number of carbonyl (C=O) groups is 1. The van der Waals surface area contributed by atoms with Gasteiger partial charge in [0.1, 0.15) is 17.2 Å². The van der Waals surface area contributed by atoms with Gasteiger partial charge in [-0.05, 0) is 36.6 Å². The minimum absolute atomic E-state index is 0.00189. The van der Waals surface area contributed by atoms with Gasteiger partial charge in [-0.15, -0.1) is 0 Å². The molecular weight excluding hydrogens is 438 g/mol. The van der Waals surface area contributed by atoms with Crippen molar-refractivity contribution >= 4 is 11.7 Å². The standard InChI is InChI=1S/C23H23F4N5O/c1-3-14-4-6-15(7-5-14)19-10-20(23(25,26)27)32-21(31-19)17(12-29-32)22(33)28-11-16-8-9-18(24)13(2)30-16/h4-9,12,19-20,31H,3,10-11H2,1-2H3,(H,28,33)/t19-,20+/m1/s1. The molecule has 2 aromatic heterocycles. The maximum atomic E-state index is 13.8. The normalized spacial score (nSPS) is 17.9. The molecule has 2 N–H and O–H groups in total. The van der Waals surface area contributed by atoms with Crippen LogP contribution in [0.1, 0.15) is 58.3 Å². The first-order valence-corrected chi connectivity index (χ1v) is 10.6. The zero-order valence-corrected chi connectivity index (χ0v) is 18.1. The largest absolute Gasteiger partial charge is 0.410 e. The molecule has 0 aliphatic carbocycles. The van der Waals surface area contributed by atoms with Crippen LogP contribution in [-0.4, -0.2) is 26.8 Å². The molecule has 0 fully saturated rings. The van der Waals surface area contributed by atoms with Crippen LogP contribution in [0, 0.1) is 12.7 Å². The van der Waals surface area contributed by atoms with Crippen LogP contribution in [-0.2, 0) is 13.0 Å². The van der Waals surface area contributed by atoms with E-state index in [0.29, 0.717) is 11.3 Å². The highest BCUT2D eigenvalue weighted by Crippen LogP contribution is 2.44. The molecule has 4 rings (SSSR count). The van der Waals surface area contributed by atoms with Crippen LogP contribution in [0.5, 0.6) is 0 Å². The number of aryl methyl sites for hydroxylation is 2. The van der Waals surface area contributed by atoms with Crippen LogP contribution in [0.25, 0.3) is 0 Å². The molecule has 0 saturated carbocycles. The summed E-state index contributed by atoms with van der Waals surface area (Å²) in [6.07, 6.45) is -2.83. The van der Waals surface area contributed by atoms with Gasteiger partial charge in [0.2, 0.25) is 0 Å². The molecule has 0 saturated heterocycles. The average molecular weight is 461 g/mol. The van der Waals surface area contributed by atoms with Gasteiger partial charge in [0.25, 0.3) is 5.91 Å². The number of hydrogen-bond donors (Lipinski definition) is 2. The number of benzene rings is 1. The van der Waals surface area contributed by atoms with E-state index in [4.69, 9.17) is 0 Å². The van der Waals surface area contributed by atoms with E-state index in [2.05, 4.69) is 20.7 Å². The van der Waals surface area contributed by atoms with Crippen molar-refractivity contribution in [2.45, 2.75) is 51.5 Å². The fourth-order valence-electron chi connectivity index (χ4n) is 3.89. The summed E-state index contributed by atoms with van der Waals surface area (Å²) in [5, 5.41) is 9.56. The van der Waals surface area contributed by atoms with E-state index in [1.165, 1.54) is 19.1 Å². The van der Waals surface area contributed by atoms with Crippen LogP contribution in [0.3, 0.4) is 0 Å². The quantitative estimate of drug-likeness (QED) is 0.532. The summed E-state index contributed by atoms with van der Waals surface area (Å²) in [4.78, 5) is 16.8. The van der Waals surface area contributed by atoms with Crippen molar-refractivity contribution in [2.24, 2.45) is 0 Å². The van der Waals surface area contributed by atoms with Gasteiger partial charge < -0.3 is 10.6 Å². The highest BCUT2D eigenvalue weighted by Gasteiger charge is 2.47. The zero-order chi connectivity index (χ0) is 23.8. The monoisotopic (exact) mass is 461 g/mol. The number of amides is 1. The second-order valence-corrected chi connectivity index (χ2v) is 7.99. The van der Waals surface area contributed by atoms with Crippen LogP contribution >= 0.6 is 0 Å². The third kappa shape index (κ3) is 4.69. The molecule has 3 heterocycles. The fraction of sp³-hybridized carbons (Fsp3) is 0.348. The molecule has 2 atom stereocenters. The first-order valence-electron chi connectivity index (χ1n) is 10.6. The molecule has 1 amide bonds. The van der Waals surface area contributed by atoms with Gasteiger partial charge in [-0.3, -0.25) is 9.78 Å². The number of nitrogens with one attached hydrogen (secondary N) is 2. The summed E-state index contributed by atoms with van der Waals surface area (Å²) in [5.74, 6) is -1.06. The molecule has 1 aliphatic heterocycles. The van der Waals surface area contributed by atoms with E-state index < -0.39 is 30.0 Å². The number of fused-ring (bicyclic) bond motifs is 1. The Kier molecular flexibility index (Phi) is 6.09. The number of aromatic nitrogens is 3. The lowest BCUT2D eigenvalue weighted by Crippen LogP contribution is -2.36.